The molecule has 1 aliphatic heterocycles. The molecule has 0 aliphatic carbocycles. The standard InChI is InChI=1S/C28H30N2O4.C2H6.CH3.Sb/c1-19(2)28(3,22-12-14-24(15-13-22)33-17-23-7-5-6-16-29-23)21-10-8-20(9-11-21)26-30-25(18-34-26)27(31)32-4;1-2;;/h5-16,19,25H,17-18H2,1-4H3;1-2H3;1H3;. The first-order valence-corrected chi connectivity index (χ1v) is 15.4. The molecule has 2 atom stereocenters. The van der Waals surface area contributed by atoms with Gasteiger partial charge in [-0.2, -0.15) is 0 Å². The van der Waals surface area contributed by atoms with E-state index in [1.165, 1.54) is 18.2 Å². The van der Waals surface area contributed by atoms with Crippen molar-refractivity contribution in [3.63, 3.8) is 0 Å². The van der Waals surface area contributed by atoms with Gasteiger partial charge in [0, 0.05) is 17.2 Å². The molecule has 202 valence electrons. The average molecular weight is 625 g/mol. The van der Waals surface area contributed by atoms with Crippen LogP contribution in [0.25, 0.3) is 0 Å². The van der Waals surface area contributed by atoms with E-state index in [0.29, 0.717) is 18.4 Å². The Kier molecular flexibility index (Phi) is 12.8. The van der Waals surface area contributed by atoms with E-state index in [9.17, 15) is 4.79 Å². The number of methoxy groups -OCH3 is 1. The van der Waals surface area contributed by atoms with Crippen molar-refractivity contribution < 1.29 is 19.0 Å². The number of hydrogen-bond donors (Lipinski definition) is 0. The SMILES string of the molecule is CC.COC(=O)C1COC(c2ccc(C(C)(c3ccc(OCc4ccccn4)cc3)C(C)C)cc2)=N1.[CH3][Sb]. The fourth-order valence-corrected chi connectivity index (χ4v) is 4.12. The van der Waals surface area contributed by atoms with E-state index in [0.717, 1.165) is 17.0 Å². The first-order valence-electron chi connectivity index (χ1n) is 12.9. The zero-order valence-corrected chi connectivity index (χ0v) is 26.0. The minimum atomic E-state index is -0.598. The number of aliphatic imine (C=N–C) groups is 1. The zero-order chi connectivity index (χ0) is 28.1. The van der Waals surface area contributed by atoms with Crippen molar-refractivity contribution in [2.24, 2.45) is 10.9 Å². The van der Waals surface area contributed by atoms with Gasteiger partial charge >= 0.3 is 33.9 Å². The van der Waals surface area contributed by atoms with Crippen molar-refractivity contribution in [1.82, 2.24) is 4.98 Å². The predicted octanol–water partition coefficient (Wildman–Crippen LogP) is 6.17. The van der Waals surface area contributed by atoms with Gasteiger partial charge < -0.3 is 14.2 Å². The molecule has 0 N–H and O–H groups in total. The second-order valence-electron chi connectivity index (χ2n) is 8.85. The molecule has 1 aromatic heterocycles. The number of aromatic nitrogens is 1. The van der Waals surface area contributed by atoms with Crippen molar-refractivity contribution in [3.05, 3.63) is 95.3 Å². The third-order valence-electron chi connectivity index (χ3n) is 6.58. The summed E-state index contributed by atoms with van der Waals surface area (Å²) in [6, 6.07) is 21.7. The summed E-state index contributed by atoms with van der Waals surface area (Å²) >= 11 is 1.75. The Morgan fingerprint density at radius 1 is 1.03 bits per heavy atom. The van der Waals surface area contributed by atoms with E-state index in [1.807, 2.05) is 56.3 Å². The Balaban J connectivity index is 0.00000121. The molecule has 2 unspecified atom stereocenters. The van der Waals surface area contributed by atoms with E-state index >= 15 is 0 Å². The number of pyridine rings is 1. The number of benzene rings is 2. The Labute approximate surface area is 241 Å². The Morgan fingerprint density at radius 3 is 2.16 bits per heavy atom. The molecule has 1 aliphatic rings. The molecular formula is C31H39N2O4Sb. The number of ether oxygens (including phenoxy) is 3. The molecule has 2 radical (unpaired) electrons. The van der Waals surface area contributed by atoms with Gasteiger partial charge in [0.05, 0.1) is 12.8 Å². The number of carbonyl (C=O) groups excluding carboxylic acids is 1. The van der Waals surface area contributed by atoms with Gasteiger partial charge in [-0.3, -0.25) is 4.98 Å². The van der Waals surface area contributed by atoms with Crippen LogP contribution in [-0.4, -0.2) is 59.6 Å². The first kappa shape index (κ1) is 31.4. The van der Waals surface area contributed by atoms with Crippen LogP contribution in [0.5, 0.6) is 5.75 Å². The second kappa shape index (κ2) is 15.5. The van der Waals surface area contributed by atoms with Crippen molar-refractivity contribution >= 4 is 34.9 Å². The van der Waals surface area contributed by atoms with Crippen LogP contribution in [-0.2, 0) is 26.3 Å². The Bertz CT molecular complexity index is 1150. The van der Waals surface area contributed by atoms with Crippen LogP contribution in [0.2, 0.25) is 4.87 Å². The van der Waals surface area contributed by atoms with E-state index in [4.69, 9.17) is 14.2 Å². The fourth-order valence-electron chi connectivity index (χ4n) is 4.12. The van der Waals surface area contributed by atoms with Gasteiger partial charge in [0.15, 0.2) is 6.04 Å². The Morgan fingerprint density at radius 2 is 1.63 bits per heavy atom. The van der Waals surface area contributed by atoms with Gasteiger partial charge in [-0.15, -0.1) is 0 Å². The van der Waals surface area contributed by atoms with Crippen LogP contribution in [0.4, 0.5) is 0 Å². The molecule has 2 heterocycles. The van der Waals surface area contributed by atoms with E-state index in [-0.39, 0.29) is 18.0 Å². The van der Waals surface area contributed by atoms with E-state index in [1.54, 1.807) is 29.2 Å². The van der Waals surface area contributed by atoms with Crippen LogP contribution < -0.4 is 4.74 Å². The second-order valence-corrected chi connectivity index (χ2v) is 8.85. The molecule has 0 amide bonds. The van der Waals surface area contributed by atoms with Crippen molar-refractivity contribution in [2.45, 2.75) is 57.6 Å². The summed E-state index contributed by atoms with van der Waals surface area (Å²) in [4.78, 5) is 22.4. The fraction of sp³-hybridized carbons (Fsp3) is 0.387. The summed E-state index contributed by atoms with van der Waals surface area (Å²) in [6.07, 6.45) is 1.77. The van der Waals surface area contributed by atoms with E-state index in [2.05, 4.69) is 59.9 Å². The molecule has 6 nitrogen and oxygen atoms in total. The molecule has 38 heavy (non-hydrogen) atoms. The molecule has 0 saturated heterocycles. The van der Waals surface area contributed by atoms with Gasteiger partial charge in [-0.1, -0.05) is 65.0 Å². The third-order valence-corrected chi connectivity index (χ3v) is 6.58. The quantitative estimate of drug-likeness (QED) is 0.221. The van der Waals surface area contributed by atoms with Gasteiger partial charge in [0.2, 0.25) is 5.90 Å². The van der Waals surface area contributed by atoms with Crippen LogP contribution in [0.3, 0.4) is 0 Å². The summed E-state index contributed by atoms with van der Waals surface area (Å²) in [5.74, 6) is 1.25. The Hall–Kier alpha value is -2.85. The molecular weight excluding hydrogens is 586 g/mol. The van der Waals surface area contributed by atoms with Crippen molar-refractivity contribution in [1.29, 1.82) is 0 Å². The number of esters is 1. The van der Waals surface area contributed by atoms with Crippen LogP contribution >= 0.6 is 0 Å². The third kappa shape index (κ3) is 7.60. The predicted molar refractivity (Wildman–Crippen MR) is 154 cm³/mol. The molecule has 0 saturated carbocycles. The van der Waals surface area contributed by atoms with Crippen LogP contribution in [0, 0.1) is 5.92 Å². The number of rotatable bonds is 8. The minimum absolute atomic E-state index is 0.203. The molecule has 0 spiro atoms. The monoisotopic (exact) mass is 624 g/mol. The number of carbonyl (C=O) groups is 1. The molecule has 0 fully saturated rings. The van der Waals surface area contributed by atoms with E-state index < -0.39 is 6.04 Å². The van der Waals surface area contributed by atoms with Gasteiger partial charge in [0.25, 0.3) is 0 Å². The van der Waals surface area contributed by atoms with Crippen molar-refractivity contribution in [3.8, 4) is 5.75 Å². The molecule has 3 aromatic rings. The van der Waals surface area contributed by atoms with Crippen LogP contribution in [0.15, 0.2) is 77.9 Å². The van der Waals surface area contributed by atoms with Gasteiger partial charge in [-0.25, -0.2) is 9.79 Å². The van der Waals surface area contributed by atoms with Gasteiger partial charge in [0.1, 0.15) is 19.0 Å². The number of hydrogen-bond acceptors (Lipinski definition) is 6. The molecule has 0 bridgehead atoms. The average Bonchev–Trinajstić information content (AvgIpc) is 3.49. The summed E-state index contributed by atoms with van der Waals surface area (Å²) < 4.78 is 16.3. The first-order chi connectivity index (χ1) is 18.4. The molecule has 4 rings (SSSR count). The summed E-state index contributed by atoms with van der Waals surface area (Å²) in [5.41, 5.74) is 3.94. The topological polar surface area (TPSA) is 70.0 Å². The maximum absolute atomic E-state index is 11.7. The summed E-state index contributed by atoms with van der Waals surface area (Å²) in [6.45, 7) is 11.4. The molecule has 2 aromatic carbocycles. The van der Waals surface area contributed by atoms with Crippen LogP contribution in [0.1, 0.15) is 57.0 Å². The van der Waals surface area contributed by atoms with Gasteiger partial charge in [-0.05, 0) is 53.4 Å². The zero-order valence-electron chi connectivity index (χ0n) is 23.5. The summed E-state index contributed by atoms with van der Waals surface area (Å²) in [7, 11) is 1.36. The number of nitrogens with zero attached hydrogens (tertiary/aromatic N) is 2. The molecule has 7 heteroatoms. The summed E-state index contributed by atoms with van der Waals surface area (Å²) in [5, 5.41) is 0. The normalized spacial score (nSPS) is 15.5. The maximum atomic E-state index is 11.7. The van der Waals surface area contributed by atoms with Crippen molar-refractivity contribution in [2.75, 3.05) is 13.7 Å².